The van der Waals surface area contributed by atoms with Crippen molar-refractivity contribution in [3.63, 3.8) is 0 Å². The zero-order valence-corrected chi connectivity index (χ0v) is 13.9. The molecule has 1 aromatic rings. The van der Waals surface area contributed by atoms with E-state index in [1.807, 2.05) is 31.2 Å². The number of aliphatic hydroxyl groups is 1. The molecule has 24 heavy (non-hydrogen) atoms. The highest BCUT2D eigenvalue weighted by Crippen LogP contribution is 2.18. The fraction of sp³-hybridized carbons (Fsp3) is 0.471. The number of benzene rings is 1. The highest BCUT2D eigenvalue weighted by atomic mass is 16.3. The molecule has 0 bridgehead atoms. The topological polar surface area (TPSA) is 113 Å². The molecular formula is C17H23N3O4. The monoisotopic (exact) mass is 333 g/mol. The standard InChI is InChI=1S/C17H23N3O4/c1-10-3-5-12(6-4-10)7-14(16(18)23)19-17(24)15-8-13(22)9-20(15)11(2)21/h3-6,13-15,22H,7-9H2,1-2H3,(H2,18,23)(H,19,24)/t13-,14+,15+/m1/s1. The number of nitrogens with two attached hydrogens (primary N) is 1. The Morgan fingerprint density at radius 3 is 2.50 bits per heavy atom. The highest BCUT2D eigenvalue weighted by Gasteiger charge is 2.38. The summed E-state index contributed by atoms with van der Waals surface area (Å²) in [5.74, 6) is -1.41. The number of aliphatic hydroxyl groups excluding tert-OH is 1. The lowest BCUT2D eigenvalue weighted by atomic mass is 10.0. The minimum Gasteiger partial charge on any atom is -0.391 e. The van der Waals surface area contributed by atoms with Crippen molar-refractivity contribution < 1.29 is 19.5 Å². The molecule has 3 atom stereocenters. The van der Waals surface area contributed by atoms with Crippen LogP contribution in [0.25, 0.3) is 0 Å². The number of β-amino-alcohol motifs (C(OH)–C–C–N with tert-alkyl or cyclic N) is 1. The number of primary amides is 1. The fourth-order valence-corrected chi connectivity index (χ4v) is 2.86. The Bertz CT molecular complexity index is 629. The maximum atomic E-state index is 12.4. The van der Waals surface area contributed by atoms with Crippen molar-refractivity contribution in [2.75, 3.05) is 6.54 Å². The van der Waals surface area contributed by atoms with Crippen molar-refractivity contribution in [1.29, 1.82) is 0 Å². The second kappa shape index (κ2) is 7.44. The van der Waals surface area contributed by atoms with E-state index in [1.54, 1.807) is 0 Å². The number of likely N-dealkylation sites (tertiary alicyclic amines) is 1. The largest absolute Gasteiger partial charge is 0.391 e. The summed E-state index contributed by atoms with van der Waals surface area (Å²) in [5.41, 5.74) is 7.37. The van der Waals surface area contributed by atoms with Crippen molar-refractivity contribution >= 4 is 17.7 Å². The lowest BCUT2D eigenvalue weighted by Gasteiger charge is -2.24. The van der Waals surface area contributed by atoms with Gasteiger partial charge < -0.3 is 21.1 Å². The molecule has 1 saturated heterocycles. The summed E-state index contributed by atoms with van der Waals surface area (Å²) in [4.78, 5) is 37.0. The van der Waals surface area contributed by atoms with Gasteiger partial charge in [0.05, 0.1) is 6.10 Å². The van der Waals surface area contributed by atoms with E-state index in [-0.39, 0.29) is 25.3 Å². The molecule has 7 nitrogen and oxygen atoms in total. The molecule has 0 spiro atoms. The van der Waals surface area contributed by atoms with Gasteiger partial charge in [-0.2, -0.15) is 0 Å². The summed E-state index contributed by atoms with van der Waals surface area (Å²) >= 11 is 0. The van der Waals surface area contributed by atoms with Crippen LogP contribution in [0.15, 0.2) is 24.3 Å². The maximum Gasteiger partial charge on any atom is 0.243 e. The summed E-state index contributed by atoms with van der Waals surface area (Å²) in [5, 5.41) is 12.3. The van der Waals surface area contributed by atoms with Crippen LogP contribution in [0.3, 0.4) is 0 Å². The Labute approximate surface area is 140 Å². The lowest BCUT2D eigenvalue weighted by Crippen LogP contribution is -2.52. The van der Waals surface area contributed by atoms with Gasteiger partial charge in [-0.05, 0) is 12.5 Å². The minimum atomic E-state index is -0.869. The van der Waals surface area contributed by atoms with Gasteiger partial charge in [-0.15, -0.1) is 0 Å². The summed E-state index contributed by atoms with van der Waals surface area (Å²) in [7, 11) is 0. The van der Waals surface area contributed by atoms with E-state index in [0.29, 0.717) is 0 Å². The highest BCUT2D eigenvalue weighted by molar-refractivity contribution is 5.91. The van der Waals surface area contributed by atoms with Gasteiger partial charge in [-0.3, -0.25) is 14.4 Å². The van der Waals surface area contributed by atoms with Crippen LogP contribution in [0.1, 0.15) is 24.5 Å². The molecule has 0 saturated carbocycles. The molecule has 1 aliphatic rings. The first-order valence-electron chi connectivity index (χ1n) is 7.88. The molecule has 1 heterocycles. The molecule has 0 aliphatic carbocycles. The van der Waals surface area contributed by atoms with Gasteiger partial charge in [0.2, 0.25) is 17.7 Å². The molecule has 3 amide bonds. The fourth-order valence-electron chi connectivity index (χ4n) is 2.86. The first kappa shape index (κ1) is 17.9. The third-order valence-corrected chi connectivity index (χ3v) is 4.21. The number of amides is 3. The number of rotatable bonds is 5. The zero-order valence-electron chi connectivity index (χ0n) is 13.9. The van der Waals surface area contributed by atoms with Crippen LogP contribution in [0.2, 0.25) is 0 Å². The van der Waals surface area contributed by atoms with Crippen LogP contribution in [-0.2, 0) is 20.8 Å². The number of nitrogens with one attached hydrogen (secondary N) is 1. The number of carbonyl (C=O) groups excluding carboxylic acids is 3. The Balaban J connectivity index is 2.06. The lowest BCUT2D eigenvalue weighted by molar-refractivity contribution is -0.138. The SMILES string of the molecule is CC(=O)N1C[C@H](O)C[C@H]1C(=O)N[C@@H](Cc1ccc(C)cc1)C(N)=O. The van der Waals surface area contributed by atoms with Crippen LogP contribution in [-0.4, -0.2) is 52.5 Å². The summed E-state index contributed by atoms with van der Waals surface area (Å²) in [6.07, 6.45) is -0.313. The van der Waals surface area contributed by atoms with E-state index in [9.17, 15) is 19.5 Å². The van der Waals surface area contributed by atoms with Gasteiger partial charge >= 0.3 is 0 Å². The van der Waals surface area contributed by atoms with E-state index in [4.69, 9.17) is 5.73 Å². The van der Waals surface area contributed by atoms with Crippen molar-refractivity contribution in [2.24, 2.45) is 5.73 Å². The zero-order chi connectivity index (χ0) is 17.9. The summed E-state index contributed by atoms with van der Waals surface area (Å²) < 4.78 is 0. The Morgan fingerprint density at radius 1 is 1.33 bits per heavy atom. The first-order valence-corrected chi connectivity index (χ1v) is 7.88. The second-order valence-electron chi connectivity index (χ2n) is 6.23. The van der Waals surface area contributed by atoms with E-state index < -0.39 is 30.0 Å². The number of hydrogen-bond acceptors (Lipinski definition) is 4. The Hall–Kier alpha value is -2.41. The Morgan fingerprint density at radius 2 is 1.96 bits per heavy atom. The van der Waals surface area contributed by atoms with E-state index in [2.05, 4.69) is 5.32 Å². The summed E-state index contributed by atoms with van der Waals surface area (Å²) in [6.45, 7) is 3.42. The van der Waals surface area contributed by atoms with Crippen molar-refractivity contribution in [2.45, 2.75) is 44.9 Å². The van der Waals surface area contributed by atoms with Crippen molar-refractivity contribution in [1.82, 2.24) is 10.2 Å². The minimum absolute atomic E-state index is 0.118. The molecule has 130 valence electrons. The molecule has 0 unspecified atom stereocenters. The van der Waals surface area contributed by atoms with Crippen molar-refractivity contribution in [3.8, 4) is 0 Å². The average molecular weight is 333 g/mol. The quantitative estimate of drug-likeness (QED) is 0.673. The third kappa shape index (κ3) is 4.32. The molecule has 1 aromatic carbocycles. The van der Waals surface area contributed by atoms with Gasteiger partial charge in [0.15, 0.2) is 0 Å². The smallest absolute Gasteiger partial charge is 0.243 e. The molecule has 2 rings (SSSR count). The maximum absolute atomic E-state index is 12.4. The van der Waals surface area contributed by atoms with Crippen LogP contribution in [0.5, 0.6) is 0 Å². The molecule has 0 aromatic heterocycles. The van der Waals surface area contributed by atoms with Gasteiger partial charge in [-0.25, -0.2) is 0 Å². The van der Waals surface area contributed by atoms with Crippen LogP contribution in [0, 0.1) is 6.92 Å². The van der Waals surface area contributed by atoms with Crippen LogP contribution in [0.4, 0.5) is 0 Å². The Kier molecular flexibility index (Phi) is 5.56. The molecule has 1 aliphatic heterocycles. The molecule has 1 fully saturated rings. The number of hydrogen-bond donors (Lipinski definition) is 3. The normalized spacial score (nSPS) is 21.4. The second-order valence-corrected chi connectivity index (χ2v) is 6.23. The summed E-state index contributed by atoms with van der Waals surface area (Å²) in [6, 6.07) is 5.93. The van der Waals surface area contributed by atoms with Gasteiger partial charge in [0, 0.05) is 26.3 Å². The van der Waals surface area contributed by atoms with E-state index in [1.165, 1.54) is 11.8 Å². The predicted molar refractivity (Wildman–Crippen MR) is 87.8 cm³/mol. The molecular weight excluding hydrogens is 310 g/mol. The third-order valence-electron chi connectivity index (χ3n) is 4.21. The van der Waals surface area contributed by atoms with Gasteiger partial charge in [0.25, 0.3) is 0 Å². The molecule has 0 radical (unpaired) electrons. The number of nitrogens with zero attached hydrogens (tertiary/aromatic N) is 1. The van der Waals surface area contributed by atoms with E-state index >= 15 is 0 Å². The first-order chi connectivity index (χ1) is 11.3. The molecule has 7 heteroatoms. The van der Waals surface area contributed by atoms with E-state index in [0.717, 1.165) is 11.1 Å². The number of aryl methyl sites for hydroxylation is 1. The predicted octanol–water partition coefficient (Wildman–Crippen LogP) is -0.511. The van der Waals surface area contributed by atoms with Gasteiger partial charge in [-0.1, -0.05) is 29.8 Å². The molecule has 4 N–H and O–H groups in total. The van der Waals surface area contributed by atoms with Crippen LogP contribution >= 0.6 is 0 Å². The van der Waals surface area contributed by atoms with Gasteiger partial charge in [0.1, 0.15) is 12.1 Å². The van der Waals surface area contributed by atoms with Crippen molar-refractivity contribution in [3.05, 3.63) is 35.4 Å². The average Bonchev–Trinajstić information content (AvgIpc) is 2.91. The number of carbonyl (C=O) groups is 3. The van der Waals surface area contributed by atoms with Crippen LogP contribution < -0.4 is 11.1 Å².